The number of nitrogens with one attached hydrogen (secondary N) is 1. The molecule has 0 aliphatic carbocycles. The molecule has 0 aliphatic rings. The van der Waals surface area contributed by atoms with E-state index in [1.54, 1.807) is 61.5 Å². The zero-order valence-corrected chi connectivity index (χ0v) is 21.3. The molecule has 9 nitrogen and oxygen atoms in total. The summed E-state index contributed by atoms with van der Waals surface area (Å²) in [7, 11) is -7.07. The number of nitrogens with zero attached hydrogens (tertiary/aromatic N) is 1. The van der Waals surface area contributed by atoms with E-state index in [1.807, 2.05) is 6.07 Å². The predicted molar refractivity (Wildman–Crippen MR) is 134 cm³/mol. The fraction of sp³-hybridized carbons (Fsp3) is 0.200. The molecule has 0 bridgehead atoms. The third-order valence-electron chi connectivity index (χ3n) is 5.03. The summed E-state index contributed by atoms with van der Waals surface area (Å²) in [4.78, 5) is 24.8. The highest BCUT2D eigenvalue weighted by Gasteiger charge is 2.31. The first-order chi connectivity index (χ1) is 17.1. The Labute approximate surface area is 210 Å². The standard InChI is InChI=1S/C25H26N2O7S2/c1-19-13-15-22(16-14-19)36(31,32)27-35(30,21-11-7-4-8-12-21)18-23(24(28)33-2)26-25(29)34-17-20-9-5-3-6-10-20/h3-16,23H,17-18H2,1-2H3,(H,26,29)/t23-,35?/m1/s1. The van der Waals surface area contributed by atoms with E-state index in [9.17, 15) is 22.2 Å². The normalized spacial score (nSPS) is 13.6. The van der Waals surface area contributed by atoms with Crippen molar-refractivity contribution in [3.05, 3.63) is 96.1 Å². The minimum Gasteiger partial charge on any atom is -0.467 e. The van der Waals surface area contributed by atoms with Gasteiger partial charge in [0.2, 0.25) is 0 Å². The lowest BCUT2D eigenvalue weighted by atomic mass is 10.2. The molecule has 0 spiro atoms. The summed E-state index contributed by atoms with van der Waals surface area (Å²) in [6, 6.07) is 21.0. The minimum atomic E-state index is -4.38. The maximum Gasteiger partial charge on any atom is 0.408 e. The Kier molecular flexibility index (Phi) is 8.83. The lowest BCUT2D eigenvalue weighted by Crippen LogP contribution is -2.46. The Morgan fingerprint density at radius 3 is 2.03 bits per heavy atom. The highest BCUT2D eigenvalue weighted by Crippen LogP contribution is 2.22. The molecule has 0 aromatic heterocycles. The fourth-order valence-electron chi connectivity index (χ4n) is 3.16. The van der Waals surface area contributed by atoms with Crippen LogP contribution in [0.15, 0.2) is 98.5 Å². The number of benzene rings is 3. The number of amides is 1. The molecule has 3 aromatic carbocycles. The number of carbonyl (C=O) groups excluding carboxylic acids is 2. The lowest BCUT2D eigenvalue weighted by Gasteiger charge is -2.19. The highest BCUT2D eigenvalue weighted by atomic mass is 32.3. The van der Waals surface area contributed by atoms with Crippen molar-refractivity contribution in [2.75, 3.05) is 12.9 Å². The average molecular weight is 531 g/mol. The fourth-order valence-corrected chi connectivity index (χ4v) is 7.28. The Balaban J connectivity index is 1.94. The van der Waals surface area contributed by atoms with E-state index in [2.05, 4.69) is 9.08 Å². The van der Waals surface area contributed by atoms with Gasteiger partial charge in [-0.15, -0.1) is 3.77 Å². The van der Waals surface area contributed by atoms with Gasteiger partial charge in [-0.1, -0.05) is 66.2 Å². The van der Waals surface area contributed by atoms with Crippen LogP contribution in [0.4, 0.5) is 4.79 Å². The molecular weight excluding hydrogens is 504 g/mol. The van der Waals surface area contributed by atoms with Crippen LogP contribution in [-0.2, 0) is 40.6 Å². The van der Waals surface area contributed by atoms with Crippen molar-refractivity contribution in [2.45, 2.75) is 29.4 Å². The van der Waals surface area contributed by atoms with Crippen molar-refractivity contribution in [1.29, 1.82) is 0 Å². The number of carbonyl (C=O) groups is 2. The van der Waals surface area contributed by atoms with E-state index in [0.717, 1.165) is 18.2 Å². The topological polar surface area (TPSA) is 128 Å². The number of aryl methyl sites for hydroxylation is 1. The SMILES string of the molecule is COC(=O)[C@@H](CS(=O)(=NS(=O)(=O)c1ccc(C)cc1)c1ccccc1)NC(=O)OCc1ccccc1. The van der Waals surface area contributed by atoms with Gasteiger partial charge in [0.1, 0.15) is 12.6 Å². The van der Waals surface area contributed by atoms with Crippen LogP contribution in [0.5, 0.6) is 0 Å². The first-order valence-electron chi connectivity index (χ1n) is 10.8. The first-order valence-corrected chi connectivity index (χ1v) is 13.9. The summed E-state index contributed by atoms with van der Waals surface area (Å²) in [5.41, 5.74) is 1.55. The van der Waals surface area contributed by atoms with Gasteiger partial charge in [0.05, 0.1) is 27.5 Å². The number of sulfonamides is 1. The van der Waals surface area contributed by atoms with Gasteiger partial charge < -0.3 is 14.8 Å². The number of methoxy groups -OCH3 is 1. The van der Waals surface area contributed by atoms with Crippen LogP contribution < -0.4 is 5.32 Å². The molecule has 190 valence electrons. The molecule has 0 aliphatic heterocycles. The second kappa shape index (κ2) is 11.8. The molecule has 0 heterocycles. The summed E-state index contributed by atoms with van der Waals surface area (Å²) in [6.45, 7) is 1.73. The number of rotatable bonds is 9. The number of ether oxygens (including phenoxy) is 2. The van der Waals surface area contributed by atoms with Gasteiger partial charge in [0, 0.05) is 4.90 Å². The van der Waals surface area contributed by atoms with Gasteiger partial charge in [0.25, 0.3) is 10.0 Å². The quantitative estimate of drug-likeness (QED) is 0.418. The average Bonchev–Trinajstić information content (AvgIpc) is 2.87. The maximum atomic E-state index is 14.1. The number of alkyl carbamates (subject to hydrolysis) is 1. The molecule has 1 amide bonds. The van der Waals surface area contributed by atoms with Crippen LogP contribution in [0.1, 0.15) is 11.1 Å². The van der Waals surface area contributed by atoms with Gasteiger partial charge in [-0.2, -0.15) is 8.42 Å². The van der Waals surface area contributed by atoms with Crippen molar-refractivity contribution < 1.29 is 31.7 Å². The summed E-state index contributed by atoms with van der Waals surface area (Å²) in [6.07, 6.45) is -0.967. The first kappa shape index (κ1) is 26.9. The molecule has 0 saturated carbocycles. The summed E-state index contributed by atoms with van der Waals surface area (Å²) in [5.74, 6) is -1.59. The molecule has 0 saturated heterocycles. The smallest absolute Gasteiger partial charge is 0.408 e. The van der Waals surface area contributed by atoms with Gasteiger partial charge in [0.15, 0.2) is 0 Å². The van der Waals surface area contributed by atoms with E-state index in [0.29, 0.717) is 0 Å². The largest absolute Gasteiger partial charge is 0.467 e. The van der Waals surface area contributed by atoms with E-state index in [1.165, 1.54) is 24.3 Å². The summed E-state index contributed by atoms with van der Waals surface area (Å²) >= 11 is 0. The van der Waals surface area contributed by atoms with Crippen LogP contribution in [0.3, 0.4) is 0 Å². The lowest BCUT2D eigenvalue weighted by molar-refractivity contribution is -0.142. The van der Waals surface area contributed by atoms with Gasteiger partial charge in [-0.05, 0) is 36.8 Å². The molecule has 0 fully saturated rings. The van der Waals surface area contributed by atoms with Crippen molar-refractivity contribution in [3.8, 4) is 0 Å². The zero-order chi connectivity index (χ0) is 26.2. The van der Waals surface area contributed by atoms with Crippen LogP contribution in [0.2, 0.25) is 0 Å². The van der Waals surface area contributed by atoms with Crippen molar-refractivity contribution >= 4 is 31.8 Å². The molecule has 3 aromatic rings. The predicted octanol–water partition coefficient (Wildman–Crippen LogP) is 3.68. The summed E-state index contributed by atoms with van der Waals surface area (Å²) in [5, 5.41) is 2.33. The molecule has 3 rings (SSSR count). The van der Waals surface area contributed by atoms with Crippen molar-refractivity contribution in [1.82, 2.24) is 5.32 Å². The van der Waals surface area contributed by atoms with E-state index in [4.69, 9.17) is 9.47 Å². The number of hydrogen-bond donors (Lipinski definition) is 1. The third-order valence-corrected chi connectivity index (χ3v) is 9.44. The van der Waals surface area contributed by atoms with Gasteiger partial charge in [-0.3, -0.25) is 0 Å². The maximum absolute atomic E-state index is 14.1. The van der Waals surface area contributed by atoms with E-state index < -0.39 is 43.6 Å². The third kappa shape index (κ3) is 7.15. The molecule has 2 atom stereocenters. The highest BCUT2D eigenvalue weighted by molar-refractivity contribution is 8.03. The van der Waals surface area contributed by atoms with E-state index in [-0.39, 0.29) is 16.4 Å². The molecule has 1 N–H and O–H groups in total. The molecule has 1 unspecified atom stereocenters. The second-order valence-electron chi connectivity index (χ2n) is 7.76. The Bertz CT molecular complexity index is 1420. The molecular formula is C25H26N2O7S2. The van der Waals surface area contributed by atoms with E-state index >= 15 is 0 Å². The Morgan fingerprint density at radius 2 is 1.44 bits per heavy atom. The Hall–Kier alpha value is -3.70. The van der Waals surface area contributed by atoms with Gasteiger partial charge in [-0.25, -0.2) is 13.8 Å². The number of esters is 1. The summed E-state index contributed by atoms with van der Waals surface area (Å²) < 4.78 is 53.9. The molecule has 0 radical (unpaired) electrons. The molecule has 11 heteroatoms. The second-order valence-corrected chi connectivity index (χ2v) is 11.9. The Morgan fingerprint density at radius 1 is 0.861 bits per heavy atom. The van der Waals surface area contributed by atoms with Crippen LogP contribution >= 0.6 is 0 Å². The van der Waals surface area contributed by atoms with Crippen LogP contribution in [0, 0.1) is 6.92 Å². The monoisotopic (exact) mass is 530 g/mol. The van der Waals surface area contributed by atoms with Crippen molar-refractivity contribution in [3.63, 3.8) is 0 Å². The van der Waals surface area contributed by atoms with Crippen LogP contribution in [-0.4, -0.2) is 43.6 Å². The number of hydrogen-bond acceptors (Lipinski definition) is 7. The van der Waals surface area contributed by atoms with Crippen molar-refractivity contribution in [2.24, 2.45) is 3.77 Å². The molecule has 36 heavy (non-hydrogen) atoms. The minimum absolute atomic E-state index is 0.0686. The van der Waals surface area contributed by atoms with Crippen LogP contribution in [0.25, 0.3) is 0 Å². The van der Waals surface area contributed by atoms with Gasteiger partial charge >= 0.3 is 12.1 Å². The zero-order valence-electron chi connectivity index (χ0n) is 19.7.